The molecule has 2 aromatic rings. The number of hydrogen-bond donors (Lipinski definition) is 2. The highest BCUT2D eigenvalue weighted by Gasteiger charge is 2.07. The van der Waals surface area contributed by atoms with Gasteiger partial charge in [0.1, 0.15) is 6.61 Å². The quantitative estimate of drug-likeness (QED) is 0.850. The molecule has 2 N–H and O–H groups in total. The van der Waals surface area contributed by atoms with Gasteiger partial charge < -0.3 is 10.4 Å². The molecule has 4 heteroatoms. The molecule has 1 aromatic heterocycles. The number of thiophene rings is 1. The second-order valence-corrected chi connectivity index (χ2v) is 5.24. The Morgan fingerprint density at radius 1 is 1.35 bits per heavy atom. The summed E-state index contributed by atoms with van der Waals surface area (Å²) in [5.41, 5.74) is 2.87. The summed E-state index contributed by atoms with van der Waals surface area (Å²) >= 11 is 1.40. The molecule has 0 aliphatic rings. The highest BCUT2D eigenvalue weighted by atomic mass is 32.1. The molecule has 102 valence electrons. The van der Waals surface area contributed by atoms with Gasteiger partial charge in [-0.1, -0.05) is 41.7 Å². The van der Waals surface area contributed by atoms with E-state index in [-0.39, 0.29) is 12.5 Å². The number of aliphatic hydroxyl groups excluding tert-OH is 1. The van der Waals surface area contributed by atoms with Gasteiger partial charge in [0.05, 0.1) is 10.4 Å². The first-order chi connectivity index (χ1) is 9.69. The summed E-state index contributed by atoms with van der Waals surface area (Å²) < 4.78 is 0. The lowest BCUT2D eigenvalue weighted by molar-refractivity contribution is 0.0951. The number of benzene rings is 1. The van der Waals surface area contributed by atoms with E-state index in [2.05, 4.69) is 17.2 Å². The van der Waals surface area contributed by atoms with Gasteiger partial charge in [0.15, 0.2) is 0 Å². The molecular weight excluding hydrogens is 270 g/mol. The Kier molecular flexibility index (Phi) is 4.94. The first-order valence-corrected chi connectivity index (χ1v) is 7.09. The number of amides is 1. The number of aryl methyl sites for hydroxylation is 1. The molecule has 0 fully saturated rings. The van der Waals surface area contributed by atoms with E-state index in [0.717, 1.165) is 10.4 Å². The van der Waals surface area contributed by atoms with Crippen molar-refractivity contribution in [3.8, 4) is 11.8 Å². The Morgan fingerprint density at radius 3 is 2.80 bits per heavy atom. The Labute approximate surface area is 122 Å². The molecular formula is C16H15NO2S. The molecule has 20 heavy (non-hydrogen) atoms. The summed E-state index contributed by atoms with van der Waals surface area (Å²) in [5, 5.41) is 13.3. The number of carbonyl (C=O) groups is 1. The smallest absolute Gasteiger partial charge is 0.252 e. The highest BCUT2D eigenvalue weighted by Crippen LogP contribution is 2.13. The van der Waals surface area contributed by atoms with Crippen LogP contribution in [0.1, 0.15) is 26.4 Å². The number of nitrogens with one attached hydrogen (secondary N) is 1. The lowest BCUT2D eigenvalue weighted by atomic mass is 10.1. The van der Waals surface area contributed by atoms with Crippen LogP contribution in [0.25, 0.3) is 0 Å². The predicted molar refractivity (Wildman–Crippen MR) is 80.6 cm³/mol. The SMILES string of the molecule is Cc1ccc(CNC(=O)c2csc(C#CCO)c2)cc1. The first kappa shape index (κ1) is 14.3. The van der Waals surface area contributed by atoms with Crippen LogP contribution in [-0.2, 0) is 6.54 Å². The zero-order chi connectivity index (χ0) is 14.4. The van der Waals surface area contributed by atoms with Gasteiger partial charge in [-0.3, -0.25) is 4.79 Å². The van der Waals surface area contributed by atoms with Gasteiger partial charge in [0.2, 0.25) is 0 Å². The van der Waals surface area contributed by atoms with Crippen molar-refractivity contribution in [3.63, 3.8) is 0 Å². The van der Waals surface area contributed by atoms with Gasteiger partial charge in [-0.05, 0) is 18.6 Å². The van der Waals surface area contributed by atoms with Gasteiger partial charge in [0.25, 0.3) is 5.91 Å². The number of carbonyl (C=O) groups excluding carboxylic acids is 1. The van der Waals surface area contributed by atoms with E-state index in [1.165, 1.54) is 16.9 Å². The minimum Gasteiger partial charge on any atom is -0.384 e. The van der Waals surface area contributed by atoms with E-state index in [1.807, 2.05) is 31.2 Å². The summed E-state index contributed by atoms with van der Waals surface area (Å²) in [4.78, 5) is 12.7. The van der Waals surface area contributed by atoms with Crippen molar-refractivity contribution in [1.29, 1.82) is 0 Å². The maximum absolute atomic E-state index is 12.0. The van der Waals surface area contributed by atoms with Gasteiger partial charge in [-0.25, -0.2) is 0 Å². The molecule has 0 spiro atoms. The molecule has 0 aliphatic carbocycles. The molecule has 1 aromatic carbocycles. The van der Waals surface area contributed by atoms with Gasteiger partial charge >= 0.3 is 0 Å². The zero-order valence-electron chi connectivity index (χ0n) is 11.1. The van der Waals surface area contributed by atoms with E-state index < -0.39 is 0 Å². The van der Waals surface area contributed by atoms with Crippen LogP contribution >= 0.6 is 11.3 Å². The van der Waals surface area contributed by atoms with E-state index in [9.17, 15) is 4.79 Å². The Balaban J connectivity index is 1.94. The topological polar surface area (TPSA) is 49.3 Å². The van der Waals surface area contributed by atoms with Gasteiger partial charge in [-0.2, -0.15) is 0 Å². The third kappa shape index (κ3) is 3.95. The third-order valence-corrected chi connectivity index (χ3v) is 3.57. The van der Waals surface area contributed by atoms with Crippen LogP contribution in [0.4, 0.5) is 0 Å². The van der Waals surface area contributed by atoms with Crippen LogP contribution in [0.3, 0.4) is 0 Å². The fourth-order valence-electron chi connectivity index (χ4n) is 1.64. The predicted octanol–water partition coefficient (Wildman–Crippen LogP) is 2.33. The lowest BCUT2D eigenvalue weighted by Gasteiger charge is -2.04. The maximum atomic E-state index is 12.0. The van der Waals surface area contributed by atoms with Crippen LogP contribution in [0, 0.1) is 18.8 Å². The van der Waals surface area contributed by atoms with Crippen molar-refractivity contribution >= 4 is 17.2 Å². The highest BCUT2D eigenvalue weighted by molar-refractivity contribution is 7.10. The molecule has 0 bridgehead atoms. The average molecular weight is 285 g/mol. The molecule has 1 heterocycles. The van der Waals surface area contributed by atoms with Crippen LogP contribution in [0.15, 0.2) is 35.7 Å². The largest absolute Gasteiger partial charge is 0.384 e. The number of rotatable bonds is 3. The minimum atomic E-state index is -0.174. The van der Waals surface area contributed by atoms with Crippen molar-refractivity contribution in [2.45, 2.75) is 13.5 Å². The Morgan fingerprint density at radius 2 is 2.10 bits per heavy atom. The van der Waals surface area contributed by atoms with E-state index in [4.69, 9.17) is 5.11 Å². The van der Waals surface area contributed by atoms with Crippen LogP contribution < -0.4 is 5.32 Å². The van der Waals surface area contributed by atoms with Crippen LogP contribution in [0.5, 0.6) is 0 Å². The van der Waals surface area contributed by atoms with Gasteiger partial charge in [0, 0.05) is 11.9 Å². The van der Waals surface area contributed by atoms with Gasteiger partial charge in [-0.15, -0.1) is 11.3 Å². The molecule has 0 unspecified atom stereocenters. The summed E-state index contributed by atoms with van der Waals surface area (Å²) in [6, 6.07) is 9.78. The molecule has 0 saturated heterocycles. The minimum absolute atomic E-state index is 0.112. The third-order valence-electron chi connectivity index (χ3n) is 2.73. The fourth-order valence-corrected chi connectivity index (χ4v) is 2.39. The summed E-state index contributed by atoms with van der Waals surface area (Å²) in [5.74, 6) is 5.24. The second kappa shape index (κ2) is 6.90. The van der Waals surface area contributed by atoms with Crippen molar-refractivity contribution < 1.29 is 9.90 Å². The molecule has 0 saturated carbocycles. The molecule has 2 rings (SSSR count). The zero-order valence-corrected chi connectivity index (χ0v) is 12.0. The van der Waals surface area contributed by atoms with Crippen molar-refractivity contribution in [3.05, 3.63) is 57.3 Å². The van der Waals surface area contributed by atoms with E-state index in [1.54, 1.807) is 11.4 Å². The molecule has 0 atom stereocenters. The number of aliphatic hydroxyl groups is 1. The van der Waals surface area contributed by atoms with E-state index in [0.29, 0.717) is 12.1 Å². The summed E-state index contributed by atoms with van der Waals surface area (Å²) in [7, 11) is 0. The number of hydrogen-bond acceptors (Lipinski definition) is 3. The standard InChI is InChI=1S/C16H15NO2S/c1-12-4-6-13(7-5-12)10-17-16(19)14-9-15(20-11-14)3-2-8-18/h4-7,9,11,18H,8,10H2,1H3,(H,17,19). The molecule has 3 nitrogen and oxygen atoms in total. The Hall–Kier alpha value is -2.09. The average Bonchev–Trinajstić information content (AvgIpc) is 2.93. The second-order valence-electron chi connectivity index (χ2n) is 4.33. The van der Waals surface area contributed by atoms with Crippen molar-refractivity contribution in [2.75, 3.05) is 6.61 Å². The van der Waals surface area contributed by atoms with Crippen LogP contribution in [-0.4, -0.2) is 17.6 Å². The normalized spacial score (nSPS) is 9.70. The molecule has 1 amide bonds. The van der Waals surface area contributed by atoms with Crippen molar-refractivity contribution in [2.24, 2.45) is 0 Å². The van der Waals surface area contributed by atoms with Crippen LogP contribution in [0.2, 0.25) is 0 Å². The molecule has 0 aliphatic heterocycles. The molecule has 0 radical (unpaired) electrons. The van der Waals surface area contributed by atoms with E-state index >= 15 is 0 Å². The summed E-state index contributed by atoms with van der Waals surface area (Å²) in [6.07, 6.45) is 0. The monoisotopic (exact) mass is 285 g/mol. The lowest BCUT2D eigenvalue weighted by Crippen LogP contribution is -2.22. The first-order valence-electron chi connectivity index (χ1n) is 6.21. The fraction of sp³-hybridized carbons (Fsp3) is 0.188. The maximum Gasteiger partial charge on any atom is 0.252 e. The Bertz CT molecular complexity index is 647. The summed E-state index contributed by atoms with van der Waals surface area (Å²) in [6.45, 7) is 2.36. The van der Waals surface area contributed by atoms with Crippen molar-refractivity contribution in [1.82, 2.24) is 5.32 Å².